The molecule has 126 valence electrons. The Hall–Kier alpha value is -1.10. The monoisotopic (exact) mass is 309 g/mol. The summed E-state index contributed by atoms with van der Waals surface area (Å²) in [6.45, 7) is 7.28. The van der Waals surface area contributed by atoms with Crippen molar-refractivity contribution in [2.75, 3.05) is 13.1 Å². The van der Waals surface area contributed by atoms with E-state index in [9.17, 15) is 9.59 Å². The fourth-order valence-electron chi connectivity index (χ4n) is 3.37. The van der Waals surface area contributed by atoms with Gasteiger partial charge in [-0.3, -0.25) is 9.59 Å². The number of nitrogens with two attached hydrogens (primary N) is 1. The lowest BCUT2D eigenvalue weighted by atomic mass is 9.87. The van der Waals surface area contributed by atoms with Crippen molar-refractivity contribution in [2.45, 2.75) is 71.4 Å². The lowest BCUT2D eigenvalue weighted by Crippen LogP contribution is -2.52. The Morgan fingerprint density at radius 2 is 1.77 bits per heavy atom. The quantitative estimate of drug-likeness (QED) is 0.832. The van der Waals surface area contributed by atoms with Crippen LogP contribution in [0.4, 0.5) is 0 Å². The van der Waals surface area contributed by atoms with Crippen LogP contribution in [0.25, 0.3) is 0 Å². The Balaban J connectivity index is 1.82. The van der Waals surface area contributed by atoms with Gasteiger partial charge in [-0.1, -0.05) is 40.0 Å². The zero-order valence-electron chi connectivity index (χ0n) is 14.2. The number of hydrogen-bond donors (Lipinski definition) is 2. The highest BCUT2D eigenvalue weighted by atomic mass is 16.2. The smallest absolute Gasteiger partial charge is 0.237 e. The molecule has 0 radical (unpaired) electrons. The zero-order valence-corrected chi connectivity index (χ0v) is 14.2. The van der Waals surface area contributed by atoms with Gasteiger partial charge in [0.05, 0.1) is 6.04 Å². The molecule has 0 aromatic heterocycles. The lowest BCUT2D eigenvalue weighted by molar-refractivity contribution is -0.135. The normalized spacial score (nSPS) is 25.1. The summed E-state index contributed by atoms with van der Waals surface area (Å²) in [5, 5.41) is 3.02. The molecule has 22 heavy (non-hydrogen) atoms. The first kappa shape index (κ1) is 17.3. The van der Waals surface area contributed by atoms with Crippen molar-refractivity contribution in [1.29, 1.82) is 0 Å². The third-order valence-corrected chi connectivity index (χ3v) is 5.02. The predicted octanol–water partition coefficient (Wildman–Crippen LogP) is 1.66. The van der Waals surface area contributed by atoms with Gasteiger partial charge in [-0.05, 0) is 24.7 Å². The number of nitrogens with zero attached hydrogens (tertiary/aromatic N) is 1. The van der Waals surface area contributed by atoms with Crippen molar-refractivity contribution in [3.05, 3.63) is 0 Å². The van der Waals surface area contributed by atoms with E-state index in [1.165, 1.54) is 19.3 Å². The maximum absolute atomic E-state index is 12.5. The number of hydrogen-bond acceptors (Lipinski definition) is 3. The van der Waals surface area contributed by atoms with Gasteiger partial charge in [0.25, 0.3) is 0 Å². The second-order valence-corrected chi connectivity index (χ2v) is 7.96. The van der Waals surface area contributed by atoms with Crippen LogP contribution in [0.3, 0.4) is 0 Å². The Kier molecular flexibility index (Phi) is 5.48. The molecule has 1 unspecified atom stereocenters. The van der Waals surface area contributed by atoms with Gasteiger partial charge < -0.3 is 16.0 Å². The van der Waals surface area contributed by atoms with E-state index >= 15 is 0 Å². The fraction of sp³-hybridized carbons (Fsp3) is 0.882. The molecule has 3 N–H and O–H groups in total. The molecule has 1 saturated heterocycles. The Morgan fingerprint density at radius 1 is 1.14 bits per heavy atom. The van der Waals surface area contributed by atoms with Crippen molar-refractivity contribution >= 4 is 11.8 Å². The van der Waals surface area contributed by atoms with E-state index in [0.29, 0.717) is 6.54 Å². The maximum Gasteiger partial charge on any atom is 0.237 e. The Labute approximate surface area is 134 Å². The van der Waals surface area contributed by atoms with Gasteiger partial charge in [0.15, 0.2) is 0 Å². The molecule has 0 aromatic rings. The number of likely N-dealkylation sites (tertiary alicyclic amines) is 1. The Morgan fingerprint density at radius 3 is 2.36 bits per heavy atom. The second-order valence-electron chi connectivity index (χ2n) is 7.96. The molecule has 0 bridgehead atoms. The molecule has 2 rings (SSSR count). The zero-order chi connectivity index (χ0) is 16.3. The van der Waals surface area contributed by atoms with Gasteiger partial charge in [0.1, 0.15) is 0 Å². The highest BCUT2D eigenvalue weighted by molar-refractivity contribution is 5.83. The fourth-order valence-corrected chi connectivity index (χ4v) is 3.37. The van der Waals surface area contributed by atoms with Gasteiger partial charge in [-0.2, -0.15) is 0 Å². The molecule has 5 heteroatoms. The van der Waals surface area contributed by atoms with Gasteiger partial charge >= 0.3 is 0 Å². The summed E-state index contributed by atoms with van der Waals surface area (Å²) in [5.74, 6) is 0.390. The summed E-state index contributed by atoms with van der Waals surface area (Å²) in [4.78, 5) is 26.6. The van der Waals surface area contributed by atoms with Crippen LogP contribution in [0.5, 0.6) is 0 Å². The van der Waals surface area contributed by atoms with Crippen LogP contribution < -0.4 is 11.1 Å². The van der Waals surface area contributed by atoms with Gasteiger partial charge in [-0.25, -0.2) is 0 Å². The molecule has 1 heterocycles. The summed E-state index contributed by atoms with van der Waals surface area (Å²) in [6, 6.07) is -0.468. The minimum absolute atomic E-state index is 0.0495. The number of nitrogens with one attached hydrogen (secondary N) is 1. The van der Waals surface area contributed by atoms with Crippen molar-refractivity contribution in [1.82, 2.24) is 10.2 Å². The molecular weight excluding hydrogens is 278 g/mol. The summed E-state index contributed by atoms with van der Waals surface area (Å²) in [7, 11) is 0. The predicted molar refractivity (Wildman–Crippen MR) is 87.1 cm³/mol. The van der Waals surface area contributed by atoms with Crippen molar-refractivity contribution < 1.29 is 9.59 Å². The van der Waals surface area contributed by atoms with E-state index in [0.717, 1.165) is 25.8 Å². The molecule has 2 fully saturated rings. The minimum atomic E-state index is -0.518. The maximum atomic E-state index is 12.5. The molecule has 1 aliphatic carbocycles. The molecule has 0 aromatic carbocycles. The Bertz CT molecular complexity index is 411. The standard InChI is InChI=1S/C17H31N3O2/c1-17(2,3)14(18)15(21)19-13-9-10-20(11-13)16(22)12-7-5-4-6-8-12/h12-14H,4-11,18H2,1-3H3,(H,19,21)/t13?,14-/m1/s1. The van der Waals surface area contributed by atoms with Crippen LogP contribution in [0, 0.1) is 11.3 Å². The second kappa shape index (κ2) is 6.99. The highest BCUT2D eigenvalue weighted by Gasteiger charge is 2.34. The summed E-state index contributed by atoms with van der Waals surface area (Å²) in [5.41, 5.74) is 5.74. The SMILES string of the molecule is CC(C)(C)[C@H](N)C(=O)NC1CCN(C(=O)C2CCCCC2)C1. The van der Waals surface area contributed by atoms with Crippen LogP contribution in [0.1, 0.15) is 59.3 Å². The summed E-state index contributed by atoms with van der Waals surface area (Å²) in [6.07, 6.45) is 6.49. The van der Waals surface area contributed by atoms with Crippen LogP contribution in [0.2, 0.25) is 0 Å². The average Bonchev–Trinajstić information content (AvgIpc) is 2.94. The van der Waals surface area contributed by atoms with Crippen LogP contribution in [0.15, 0.2) is 0 Å². The lowest BCUT2D eigenvalue weighted by Gasteiger charge is -2.28. The van der Waals surface area contributed by atoms with Crippen molar-refractivity contribution in [3.8, 4) is 0 Å². The summed E-state index contributed by atoms with van der Waals surface area (Å²) < 4.78 is 0. The first-order valence-corrected chi connectivity index (χ1v) is 8.64. The third-order valence-electron chi connectivity index (χ3n) is 5.02. The third kappa shape index (κ3) is 4.22. The van der Waals surface area contributed by atoms with E-state index < -0.39 is 6.04 Å². The number of carbonyl (C=O) groups excluding carboxylic acids is 2. The summed E-state index contributed by atoms with van der Waals surface area (Å²) >= 11 is 0. The van der Waals surface area contributed by atoms with Crippen LogP contribution in [-0.4, -0.2) is 41.9 Å². The van der Waals surface area contributed by atoms with E-state index in [1.54, 1.807) is 0 Å². The first-order valence-electron chi connectivity index (χ1n) is 8.64. The number of carbonyl (C=O) groups is 2. The van der Waals surface area contributed by atoms with E-state index in [4.69, 9.17) is 5.73 Å². The number of amides is 2. The van der Waals surface area contributed by atoms with Crippen molar-refractivity contribution in [2.24, 2.45) is 17.1 Å². The molecule has 2 atom stereocenters. The molecule has 5 nitrogen and oxygen atoms in total. The molecule has 2 aliphatic rings. The largest absolute Gasteiger partial charge is 0.350 e. The molecule has 0 spiro atoms. The van der Waals surface area contributed by atoms with Crippen LogP contribution in [-0.2, 0) is 9.59 Å². The highest BCUT2D eigenvalue weighted by Crippen LogP contribution is 2.27. The minimum Gasteiger partial charge on any atom is -0.350 e. The molecular formula is C17H31N3O2. The van der Waals surface area contributed by atoms with E-state index in [1.807, 2.05) is 25.7 Å². The van der Waals surface area contributed by atoms with Gasteiger partial charge in [-0.15, -0.1) is 0 Å². The van der Waals surface area contributed by atoms with E-state index in [-0.39, 0.29) is 29.2 Å². The topological polar surface area (TPSA) is 75.4 Å². The molecule has 1 aliphatic heterocycles. The number of rotatable bonds is 3. The van der Waals surface area contributed by atoms with E-state index in [2.05, 4.69) is 5.32 Å². The van der Waals surface area contributed by atoms with Gasteiger partial charge in [0, 0.05) is 25.0 Å². The average molecular weight is 309 g/mol. The van der Waals surface area contributed by atoms with Crippen LogP contribution >= 0.6 is 0 Å². The molecule has 2 amide bonds. The van der Waals surface area contributed by atoms with Gasteiger partial charge in [0.2, 0.25) is 11.8 Å². The molecule has 1 saturated carbocycles. The van der Waals surface area contributed by atoms with Crippen molar-refractivity contribution in [3.63, 3.8) is 0 Å². The first-order chi connectivity index (χ1) is 10.3.